The molecule has 22 heavy (non-hydrogen) atoms. The van der Waals surface area contributed by atoms with Gasteiger partial charge in [-0.3, -0.25) is 4.79 Å². The lowest BCUT2D eigenvalue weighted by Gasteiger charge is -2.15. The minimum absolute atomic E-state index is 0.0393. The van der Waals surface area contributed by atoms with Gasteiger partial charge in [-0.15, -0.1) is 0 Å². The van der Waals surface area contributed by atoms with Crippen LogP contribution in [0.1, 0.15) is 23.0 Å². The van der Waals surface area contributed by atoms with Gasteiger partial charge in [-0.2, -0.15) is 0 Å². The Hall–Kier alpha value is -1.70. The fraction of sp³-hybridized carbons (Fsp3) is 0.312. The molecule has 0 spiro atoms. The van der Waals surface area contributed by atoms with Crippen LogP contribution in [0.2, 0.25) is 0 Å². The van der Waals surface area contributed by atoms with E-state index in [0.717, 1.165) is 9.33 Å². The molecule has 0 bridgehead atoms. The van der Waals surface area contributed by atoms with E-state index in [1.807, 2.05) is 19.1 Å². The molecule has 1 heterocycles. The molecule has 5 nitrogen and oxygen atoms in total. The van der Waals surface area contributed by atoms with Gasteiger partial charge in [0.25, 0.3) is 5.91 Å². The number of halogens is 1. The lowest BCUT2D eigenvalue weighted by Crippen LogP contribution is -2.34. The lowest BCUT2D eigenvalue weighted by atomic mass is 10.1. The number of nitrogens with one attached hydrogen (secondary N) is 1. The van der Waals surface area contributed by atoms with Gasteiger partial charge in [-0.1, -0.05) is 0 Å². The highest BCUT2D eigenvalue weighted by Crippen LogP contribution is 2.31. The van der Waals surface area contributed by atoms with Gasteiger partial charge in [-0.05, 0) is 53.8 Å². The average molecular weight is 415 g/mol. The predicted octanol–water partition coefficient (Wildman–Crippen LogP) is 3.26. The molecule has 0 radical (unpaired) electrons. The predicted molar refractivity (Wildman–Crippen MR) is 91.6 cm³/mol. The minimum atomic E-state index is -0.149. The summed E-state index contributed by atoms with van der Waals surface area (Å²) in [4.78, 5) is 12.4. The summed E-state index contributed by atoms with van der Waals surface area (Å²) < 4.78 is 16.6. The molecule has 0 fully saturated rings. The fourth-order valence-corrected chi connectivity index (χ4v) is 2.79. The number of furan rings is 1. The van der Waals surface area contributed by atoms with Crippen LogP contribution in [0.4, 0.5) is 0 Å². The first-order valence-corrected chi connectivity index (χ1v) is 7.87. The largest absolute Gasteiger partial charge is 0.493 e. The van der Waals surface area contributed by atoms with Gasteiger partial charge >= 0.3 is 0 Å². The molecular formula is C16H18INO4. The fourth-order valence-electron chi connectivity index (χ4n) is 2.11. The highest BCUT2D eigenvalue weighted by Gasteiger charge is 2.17. The zero-order chi connectivity index (χ0) is 16.1. The standard InChI is InChI=1S/C16H18INO4/c1-10(7-11-5-4-6-22-11)18-16(19)12-8-14(20-2)15(21-3)9-13(12)17/h4-6,8-10H,7H2,1-3H3,(H,18,19). The maximum absolute atomic E-state index is 12.4. The number of benzene rings is 1. The number of amides is 1. The molecule has 0 aliphatic carbocycles. The summed E-state index contributed by atoms with van der Waals surface area (Å²) in [6.07, 6.45) is 2.27. The van der Waals surface area contributed by atoms with Crippen LogP contribution in [-0.2, 0) is 6.42 Å². The van der Waals surface area contributed by atoms with E-state index >= 15 is 0 Å². The first-order valence-electron chi connectivity index (χ1n) is 6.80. The number of ether oxygens (including phenoxy) is 2. The minimum Gasteiger partial charge on any atom is -0.493 e. The van der Waals surface area contributed by atoms with Crippen LogP contribution in [0.15, 0.2) is 34.9 Å². The highest BCUT2D eigenvalue weighted by molar-refractivity contribution is 14.1. The second-order valence-electron chi connectivity index (χ2n) is 4.85. The number of rotatable bonds is 6. The summed E-state index contributed by atoms with van der Waals surface area (Å²) in [5.41, 5.74) is 0.560. The van der Waals surface area contributed by atoms with Gasteiger partial charge in [-0.25, -0.2) is 0 Å². The number of carbonyl (C=O) groups is 1. The van der Waals surface area contributed by atoms with Crippen molar-refractivity contribution in [3.05, 3.63) is 45.4 Å². The first-order chi connectivity index (χ1) is 10.5. The van der Waals surface area contributed by atoms with E-state index in [2.05, 4.69) is 27.9 Å². The van der Waals surface area contributed by atoms with Gasteiger partial charge in [0.2, 0.25) is 0 Å². The van der Waals surface area contributed by atoms with Crippen LogP contribution in [0, 0.1) is 3.57 Å². The Bertz CT molecular complexity index is 640. The molecule has 2 aromatic rings. The highest BCUT2D eigenvalue weighted by atomic mass is 127. The molecule has 1 aromatic carbocycles. The van der Waals surface area contributed by atoms with Crippen molar-refractivity contribution in [2.45, 2.75) is 19.4 Å². The topological polar surface area (TPSA) is 60.7 Å². The molecule has 6 heteroatoms. The molecule has 0 saturated carbocycles. The van der Waals surface area contributed by atoms with Crippen LogP contribution in [0.25, 0.3) is 0 Å². The Labute approximate surface area is 143 Å². The van der Waals surface area contributed by atoms with E-state index in [-0.39, 0.29) is 11.9 Å². The molecule has 1 unspecified atom stereocenters. The van der Waals surface area contributed by atoms with Gasteiger partial charge in [0.1, 0.15) is 5.76 Å². The Morgan fingerprint density at radius 2 is 2.00 bits per heavy atom. The van der Waals surface area contributed by atoms with E-state index in [0.29, 0.717) is 23.5 Å². The Kier molecular flexibility index (Phi) is 5.70. The zero-order valence-electron chi connectivity index (χ0n) is 12.7. The van der Waals surface area contributed by atoms with Crippen molar-refractivity contribution in [3.8, 4) is 11.5 Å². The van der Waals surface area contributed by atoms with Crippen molar-refractivity contribution in [1.29, 1.82) is 0 Å². The van der Waals surface area contributed by atoms with Crippen LogP contribution in [0.5, 0.6) is 11.5 Å². The summed E-state index contributed by atoms with van der Waals surface area (Å²) in [6.45, 7) is 1.94. The molecule has 2 rings (SSSR count). The SMILES string of the molecule is COc1cc(I)c(C(=O)NC(C)Cc2ccco2)cc1OC. The van der Waals surface area contributed by atoms with E-state index < -0.39 is 0 Å². The first kappa shape index (κ1) is 16.7. The summed E-state index contributed by atoms with van der Waals surface area (Å²) in [7, 11) is 3.12. The van der Waals surface area contributed by atoms with Crippen molar-refractivity contribution in [2.24, 2.45) is 0 Å². The van der Waals surface area contributed by atoms with E-state index in [1.54, 1.807) is 32.6 Å². The molecule has 1 amide bonds. The molecule has 1 atom stereocenters. The summed E-state index contributed by atoms with van der Waals surface area (Å²) >= 11 is 2.11. The zero-order valence-corrected chi connectivity index (χ0v) is 14.8. The second-order valence-corrected chi connectivity index (χ2v) is 6.01. The monoisotopic (exact) mass is 415 g/mol. The third-order valence-electron chi connectivity index (χ3n) is 3.18. The second kappa shape index (κ2) is 7.53. The molecule has 0 aliphatic heterocycles. The molecular weight excluding hydrogens is 397 g/mol. The van der Waals surface area contributed by atoms with Gasteiger partial charge in [0.05, 0.1) is 26.0 Å². The van der Waals surface area contributed by atoms with Crippen LogP contribution < -0.4 is 14.8 Å². The maximum Gasteiger partial charge on any atom is 0.252 e. The maximum atomic E-state index is 12.4. The number of hydrogen-bond acceptors (Lipinski definition) is 4. The third kappa shape index (κ3) is 3.94. The Morgan fingerprint density at radius 1 is 1.32 bits per heavy atom. The number of methoxy groups -OCH3 is 2. The van der Waals surface area contributed by atoms with Gasteiger partial charge in [0, 0.05) is 16.0 Å². The molecule has 1 aromatic heterocycles. The third-order valence-corrected chi connectivity index (χ3v) is 4.08. The molecule has 1 N–H and O–H groups in total. The van der Waals surface area contributed by atoms with Gasteiger partial charge < -0.3 is 19.2 Å². The van der Waals surface area contributed by atoms with Crippen molar-refractivity contribution in [2.75, 3.05) is 14.2 Å². The van der Waals surface area contributed by atoms with E-state index in [9.17, 15) is 4.79 Å². The number of hydrogen-bond donors (Lipinski definition) is 1. The van der Waals surface area contributed by atoms with Crippen LogP contribution >= 0.6 is 22.6 Å². The number of carbonyl (C=O) groups excluding carboxylic acids is 1. The summed E-state index contributed by atoms with van der Waals surface area (Å²) in [5.74, 6) is 1.83. The lowest BCUT2D eigenvalue weighted by molar-refractivity contribution is 0.0938. The van der Waals surface area contributed by atoms with Crippen molar-refractivity contribution in [1.82, 2.24) is 5.32 Å². The van der Waals surface area contributed by atoms with Crippen LogP contribution in [-0.4, -0.2) is 26.2 Å². The average Bonchev–Trinajstić information content (AvgIpc) is 2.99. The van der Waals surface area contributed by atoms with Gasteiger partial charge in [0.15, 0.2) is 11.5 Å². The normalized spacial score (nSPS) is 11.8. The van der Waals surface area contributed by atoms with Crippen molar-refractivity contribution >= 4 is 28.5 Å². The molecule has 0 aliphatic rings. The van der Waals surface area contributed by atoms with Crippen molar-refractivity contribution < 1.29 is 18.7 Å². The van der Waals surface area contributed by atoms with E-state index in [4.69, 9.17) is 13.9 Å². The van der Waals surface area contributed by atoms with Crippen LogP contribution in [0.3, 0.4) is 0 Å². The van der Waals surface area contributed by atoms with Crippen molar-refractivity contribution in [3.63, 3.8) is 0 Å². The molecule has 0 saturated heterocycles. The van der Waals surface area contributed by atoms with E-state index in [1.165, 1.54) is 0 Å². The summed E-state index contributed by atoms with van der Waals surface area (Å²) in [5, 5.41) is 2.96. The summed E-state index contributed by atoms with van der Waals surface area (Å²) in [6, 6.07) is 7.16. The molecule has 118 valence electrons. The Balaban J connectivity index is 2.11. The smallest absolute Gasteiger partial charge is 0.252 e. The Morgan fingerprint density at radius 3 is 2.59 bits per heavy atom. The quantitative estimate of drug-likeness (QED) is 0.736.